The number of alkyl halides is 3. The van der Waals surface area contributed by atoms with Crippen molar-refractivity contribution in [2.45, 2.75) is 24.6 Å². The predicted molar refractivity (Wildman–Crippen MR) is 146 cm³/mol. The number of rotatable bonds is 6. The quantitative estimate of drug-likeness (QED) is 0.253. The highest BCUT2D eigenvalue weighted by Gasteiger charge is 2.35. The number of anilines is 1. The molecule has 0 radical (unpaired) electrons. The molecule has 0 bridgehead atoms. The van der Waals surface area contributed by atoms with Crippen LogP contribution in [0.1, 0.15) is 22.6 Å². The Morgan fingerprint density at radius 1 is 1.00 bits per heavy atom. The van der Waals surface area contributed by atoms with Crippen LogP contribution in [0.15, 0.2) is 71.9 Å². The molecule has 0 aliphatic carbocycles. The number of hydrogen-bond acceptors (Lipinski definition) is 7. The Balaban J connectivity index is 1.72. The van der Waals surface area contributed by atoms with Crippen molar-refractivity contribution < 1.29 is 31.1 Å². The normalized spacial score (nSPS) is 13.9. The van der Waals surface area contributed by atoms with Gasteiger partial charge in [0.25, 0.3) is 0 Å². The molecule has 0 unspecified atom stereocenters. The second-order valence-electron chi connectivity index (χ2n) is 9.24. The molecule has 0 spiro atoms. The van der Waals surface area contributed by atoms with E-state index < -0.39 is 34.1 Å². The Labute approximate surface area is 237 Å². The molecule has 214 valence electrons. The van der Waals surface area contributed by atoms with Gasteiger partial charge in [-0.25, -0.2) is 17.8 Å². The highest BCUT2D eigenvalue weighted by molar-refractivity contribution is 7.90. The number of halogens is 5. The fourth-order valence-corrected chi connectivity index (χ4v) is 5.59. The van der Waals surface area contributed by atoms with Crippen LogP contribution in [0.25, 0.3) is 22.5 Å². The van der Waals surface area contributed by atoms with E-state index in [1.54, 1.807) is 41.5 Å². The Morgan fingerprint density at radius 2 is 1.68 bits per heavy atom. The molecule has 14 heteroatoms. The first-order valence-electron chi connectivity index (χ1n) is 12.0. The summed E-state index contributed by atoms with van der Waals surface area (Å²) < 4.78 is 81.5. The fraction of sp³-hybridized carbons (Fsp3) is 0.148. The molecule has 0 saturated heterocycles. The van der Waals surface area contributed by atoms with E-state index in [1.807, 2.05) is 0 Å². The Kier molecular flexibility index (Phi) is 7.32. The van der Waals surface area contributed by atoms with Gasteiger partial charge in [0, 0.05) is 34.8 Å². The maximum absolute atomic E-state index is 15.0. The number of hydrogen-bond donors (Lipinski definition) is 3. The molecule has 3 N–H and O–H groups in total. The van der Waals surface area contributed by atoms with Crippen LogP contribution in [0, 0.1) is 12.7 Å². The summed E-state index contributed by atoms with van der Waals surface area (Å²) >= 11 is 6.05. The van der Waals surface area contributed by atoms with E-state index >= 15 is 0 Å². The van der Waals surface area contributed by atoms with Crippen LogP contribution < -0.4 is 16.0 Å². The summed E-state index contributed by atoms with van der Waals surface area (Å²) in [5.74, 6) is -0.854. The second-order valence-corrected chi connectivity index (χ2v) is 11.7. The molecule has 2 heterocycles. The highest BCUT2D eigenvalue weighted by Crippen LogP contribution is 2.38. The van der Waals surface area contributed by atoms with Gasteiger partial charge < -0.3 is 15.1 Å². The molecule has 41 heavy (non-hydrogen) atoms. The number of aliphatic hydroxyl groups excluding tert-OH is 1. The van der Waals surface area contributed by atoms with E-state index in [0.717, 1.165) is 18.5 Å². The van der Waals surface area contributed by atoms with Gasteiger partial charge in [0.1, 0.15) is 11.6 Å². The molecule has 0 saturated carbocycles. The summed E-state index contributed by atoms with van der Waals surface area (Å²) in [4.78, 5) is 3.31. The zero-order valence-electron chi connectivity index (χ0n) is 21.5. The van der Waals surface area contributed by atoms with E-state index in [4.69, 9.17) is 11.6 Å². The van der Waals surface area contributed by atoms with Crippen LogP contribution in [-0.2, 0) is 22.6 Å². The number of hydrazine groups is 2. The van der Waals surface area contributed by atoms with Crippen molar-refractivity contribution in [3.8, 4) is 16.8 Å². The van der Waals surface area contributed by atoms with Crippen molar-refractivity contribution in [2.75, 3.05) is 11.3 Å². The van der Waals surface area contributed by atoms with Gasteiger partial charge in [-0.2, -0.15) is 13.2 Å². The summed E-state index contributed by atoms with van der Waals surface area (Å²) in [5.41, 5.74) is 6.82. The number of imidazole rings is 1. The number of benzene rings is 3. The third-order valence-electron chi connectivity index (χ3n) is 6.46. The number of nitrogens with one attached hydrogen (secondary N) is 2. The van der Waals surface area contributed by atoms with Crippen molar-refractivity contribution in [1.82, 2.24) is 20.5 Å². The SMILES string of the molecule is Cc1nc(C(F)(F)F)cn1-c1ccc(-c2cc(F)c(CO)c(S(C)(=O)=O)c2)cc1N1NNC=C1c1ccc(Cl)cc1. The van der Waals surface area contributed by atoms with Crippen LogP contribution in [0.5, 0.6) is 0 Å². The van der Waals surface area contributed by atoms with Crippen molar-refractivity contribution in [3.05, 3.63) is 100 Å². The minimum Gasteiger partial charge on any atom is -0.392 e. The number of sulfone groups is 1. The van der Waals surface area contributed by atoms with Gasteiger partial charge in [-0.15, -0.1) is 5.53 Å². The van der Waals surface area contributed by atoms with Gasteiger partial charge in [0.05, 0.1) is 28.6 Å². The highest BCUT2D eigenvalue weighted by atomic mass is 35.5. The molecular weight excluding hydrogens is 586 g/mol. The monoisotopic (exact) mass is 607 g/mol. The molecule has 0 atom stereocenters. The van der Waals surface area contributed by atoms with Gasteiger partial charge in [-0.05, 0) is 54.4 Å². The Bertz CT molecular complexity index is 1790. The van der Waals surface area contributed by atoms with Crippen molar-refractivity contribution in [2.24, 2.45) is 0 Å². The van der Waals surface area contributed by atoms with Gasteiger partial charge in [0.15, 0.2) is 15.5 Å². The summed E-state index contributed by atoms with van der Waals surface area (Å²) in [7, 11) is -3.91. The number of nitrogens with zero attached hydrogens (tertiary/aromatic N) is 3. The Hall–Kier alpha value is -3.91. The van der Waals surface area contributed by atoms with Crippen LogP contribution in [0.2, 0.25) is 5.02 Å². The first-order chi connectivity index (χ1) is 19.3. The smallest absolute Gasteiger partial charge is 0.392 e. The van der Waals surface area contributed by atoms with E-state index in [-0.39, 0.29) is 21.8 Å². The number of aliphatic hydroxyl groups is 1. The molecule has 4 aromatic rings. The molecule has 3 aromatic carbocycles. The van der Waals surface area contributed by atoms with Crippen LogP contribution >= 0.6 is 11.6 Å². The number of aromatic nitrogens is 2. The second kappa shape index (κ2) is 10.5. The van der Waals surface area contributed by atoms with Gasteiger partial charge in [-0.1, -0.05) is 29.8 Å². The lowest BCUT2D eigenvalue weighted by atomic mass is 10.0. The molecule has 0 fully saturated rings. The lowest BCUT2D eigenvalue weighted by molar-refractivity contribution is -0.141. The molecule has 1 aliphatic heterocycles. The van der Waals surface area contributed by atoms with Crippen molar-refractivity contribution in [3.63, 3.8) is 0 Å². The lowest BCUT2D eigenvalue weighted by Gasteiger charge is -2.26. The van der Waals surface area contributed by atoms with Crippen molar-refractivity contribution >= 4 is 32.8 Å². The standard InChI is InChI=1S/C27H22ClF4N5O3S/c1-15-34-26(27(30,31)32)13-36(15)22-8-5-17(18-9-21(29)20(14-38)25(11-18)41(2,39)40)10-23(22)37-24(12-33-35-37)16-3-6-19(28)7-4-16/h3-13,33,35,38H,14H2,1-2H3. The Morgan fingerprint density at radius 3 is 2.29 bits per heavy atom. The summed E-state index contributed by atoms with van der Waals surface area (Å²) in [6.07, 6.45) is -1.26. The lowest BCUT2D eigenvalue weighted by Crippen LogP contribution is -2.37. The fourth-order valence-electron chi connectivity index (χ4n) is 4.51. The first-order valence-corrected chi connectivity index (χ1v) is 14.2. The zero-order chi connectivity index (χ0) is 29.7. The van der Waals surface area contributed by atoms with E-state index in [1.165, 1.54) is 29.7 Å². The van der Waals surface area contributed by atoms with Gasteiger partial charge in [-0.3, -0.25) is 5.01 Å². The summed E-state index contributed by atoms with van der Waals surface area (Å²) in [5, 5.41) is 11.7. The minimum absolute atomic E-state index is 0.0632. The third kappa shape index (κ3) is 5.53. The largest absolute Gasteiger partial charge is 0.434 e. The molecule has 1 aromatic heterocycles. The minimum atomic E-state index is -4.67. The van der Waals surface area contributed by atoms with Crippen LogP contribution in [0.4, 0.5) is 23.2 Å². The van der Waals surface area contributed by atoms with E-state index in [2.05, 4.69) is 15.9 Å². The third-order valence-corrected chi connectivity index (χ3v) is 7.88. The summed E-state index contributed by atoms with van der Waals surface area (Å²) in [6.45, 7) is 0.610. The molecular formula is C27H22ClF4N5O3S. The van der Waals surface area contributed by atoms with E-state index in [0.29, 0.717) is 33.2 Å². The molecule has 5 rings (SSSR count). The average molecular weight is 608 g/mol. The maximum atomic E-state index is 15.0. The number of aryl methyl sites for hydroxylation is 1. The zero-order valence-corrected chi connectivity index (χ0v) is 23.0. The predicted octanol–water partition coefficient (Wildman–Crippen LogP) is 5.38. The first kappa shape index (κ1) is 28.6. The average Bonchev–Trinajstić information content (AvgIpc) is 3.55. The topological polar surface area (TPSA) is 99.5 Å². The molecule has 1 aliphatic rings. The summed E-state index contributed by atoms with van der Waals surface area (Å²) in [6, 6.07) is 13.8. The molecule has 0 amide bonds. The van der Waals surface area contributed by atoms with Crippen LogP contribution in [-0.4, -0.2) is 29.3 Å². The van der Waals surface area contributed by atoms with Crippen molar-refractivity contribution in [1.29, 1.82) is 0 Å². The van der Waals surface area contributed by atoms with Gasteiger partial charge in [0.2, 0.25) is 0 Å². The van der Waals surface area contributed by atoms with Crippen LogP contribution in [0.3, 0.4) is 0 Å². The van der Waals surface area contributed by atoms with E-state index in [9.17, 15) is 31.1 Å². The maximum Gasteiger partial charge on any atom is 0.434 e. The molecule has 8 nitrogen and oxygen atoms in total. The van der Waals surface area contributed by atoms with Gasteiger partial charge >= 0.3 is 6.18 Å².